The van der Waals surface area contributed by atoms with Crippen LogP contribution in [0.5, 0.6) is 0 Å². The summed E-state index contributed by atoms with van der Waals surface area (Å²) in [6.45, 7) is 6.13. The van der Waals surface area contributed by atoms with Gasteiger partial charge in [0.15, 0.2) is 16.4 Å². The number of amides is 1. The summed E-state index contributed by atoms with van der Waals surface area (Å²) in [6, 6.07) is 9.95. The predicted molar refractivity (Wildman–Crippen MR) is 118 cm³/mol. The van der Waals surface area contributed by atoms with Gasteiger partial charge in [0.25, 0.3) is 11.9 Å². The first-order chi connectivity index (χ1) is 14.4. The minimum Gasteiger partial charge on any atom is -0.445 e. The number of nitrogens with zero attached hydrogens (tertiary/aromatic N) is 2. The van der Waals surface area contributed by atoms with Crippen LogP contribution in [0, 0.1) is 11.3 Å². The second-order valence-electron chi connectivity index (χ2n) is 8.87. The van der Waals surface area contributed by atoms with E-state index in [1.165, 1.54) is 0 Å². The third-order valence-electron chi connectivity index (χ3n) is 5.72. The number of hydrogen-bond acceptors (Lipinski definition) is 6. The quantitative estimate of drug-likeness (QED) is 0.524. The third-order valence-corrected chi connectivity index (χ3v) is 7.29. The first-order valence-electron chi connectivity index (χ1n) is 10.2. The summed E-state index contributed by atoms with van der Waals surface area (Å²) >= 11 is 7.67. The fourth-order valence-corrected chi connectivity index (χ4v) is 5.27. The zero-order valence-corrected chi connectivity index (χ0v) is 18.6. The van der Waals surface area contributed by atoms with Gasteiger partial charge in [-0.15, -0.1) is 0 Å². The maximum absolute atomic E-state index is 12.5. The number of aromatic nitrogens is 1. The Labute approximate surface area is 184 Å². The fraction of sp³-hybridized carbons (Fsp3) is 0.455. The molecule has 1 amide bonds. The second kappa shape index (κ2) is 7.54. The molecule has 1 N–H and O–H groups in total. The molecule has 0 unspecified atom stereocenters. The lowest BCUT2D eigenvalue weighted by molar-refractivity contribution is 0.0403. The SMILES string of the molecule is CC(C)CSc1ccc(C(=O)NC2CC3(C2)CN(c2nc4cc(Cl)ccc4o2)C3)o1. The molecule has 2 aromatic heterocycles. The largest absolute Gasteiger partial charge is 0.445 e. The molecule has 2 aliphatic rings. The van der Waals surface area contributed by atoms with Crippen molar-refractivity contribution in [2.75, 3.05) is 23.7 Å². The number of benzene rings is 1. The summed E-state index contributed by atoms with van der Waals surface area (Å²) in [6.07, 6.45) is 1.94. The van der Waals surface area contributed by atoms with E-state index in [4.69, 9.17) is 20.4 Å². The number of fused-ring (bicyclic) bond motifs is 1. The smallest absolute Gasteiger partial charge is 0.298 e. The molecule has 6 nitrogen and oxygen atoms in total. The summed E-state index contributed by atoms with van der Waals surface area (Å²) in [7, 11) is 0. The van der Waals surface area contributed by atoms with Crippen LogP contribution in [-0.4, -0.2) is 35.8 Å². The average Bonchev–Trinajstić information content (AvgIpc) is 3.27. The van der Waals surface area contributed by atoms with Gasteiger partial charge in [-0.25, -0.2) is 0 Å². The Hall–Kier alpha value is -2.12. The lowest BCUT2D eigenvalue weighted by atomic mass is 9.61. The maximum Gasteiger partial charge on any atom is 0.298 e. The molecule has 30 heavy (non-hydrogen) atoms. The molecular weight excluding hydrogens is 422 g/mol. The topological polar surface area (TPSA) is 71.5 Å². The highest BCUT2D eigenvalue weighted by Gasteiger charge is 2.54. The number of hydrogen-bond donors (Lipinski definition) is 1. The molecule has 1 aromatic carbocycles. The van der Waals surface area contributed by atoms with E-state index < -0.39 is 0 Å². The molecule has 0 radical (unpaired) electrons. The molecule has 2 fully saturated rings. The molecule has 3 heterocycles. The van der Waals surface area contributed by atoms with Crippen LogP contribution in [0.15, 0.2) is 44.3 Å². The standard InChI is InChI=1S/C22H24ClN3O3S/c1-13(2)10-30-19-6-5-18(28-19)20(27)24-15-8-22(9-15)11-26(12-22)21-25-16-7-14(23)3-4-17(16)29-21/h3-7,13,15H,8-12H2,1-2H3,(H,24,27). The van der Waals surface area contributed by atoms with Crippen molar-refractivity contribution in [3.05, 3.63) is 41.1 Å². The molecule has 0 atom stereocenters. The monoisotopic (exact) mass is 445 g/mol. The van der Waals surface area contributed by atoms with Gasteiger partial charge in [-0.3, -0.25) is 4.79 Å². The van der Waals surface area contributed by atoms with Crippen molar-refractivity contribution in [2.24, 2.45) is 11.3 Å². The van der Waals surface area contributed by atoms with E-state index in [0.29, 0.717) is 22.7 Å². The number of carbonyl (C=O) groups is 1. The number of nitrogens with one attached hydrogen (secondary N) is 1. The van der Waals surface area contributed by atoms with Crippen LogP contribution in [0.25, 0.3) is 11.1 Å². The second-order valence-corrected chi connectivity index (χ2v) is 10.3. The Balaban J connectivity index is 1.11. The first kappa shape index (κ1) is 19.8. The lowest BCUT2D eigenvalue weighted by Crippen LogP contribution is -2.66. The van der Waals surface area contributed by atoms with Gasteiger partial charge in [0.2, 0.25) is 0 Å². The molecule has 1 aliphatic carbocycles. The normalized spacial score (nSPS) is 18.1. The molecule has 1 spiro atoms. The number of rotatable bonds is 6. The average molecular weight is 446 g/mol. The molecule has 1 saturated carbocycles. The predicted octanol–water partition coefficient (Wildman–Crippen LogP) is 5.22. The van der Waals surface area contributed by atoms with Gasteiger partial charge in [0.05, 0.1) is 0 Å². The van der Waals surface area contributed by atoms with Crippen molar-refractivity contribution >= 4 is 46.4 Å². The molecule has 1 aliphatic heterocycles. The Morgan fingerprint density at radius 1 is 1.30 bits per heavy atom. The van der Waals surface area contributed by atoms with Crippen LogP contribution in [-0.2, 0) is 0 Å². The van der Waals surface area contributed by atoms with Crippen molar-refractivity contribution in [2.45, 2.75) is 37.8 Å². The van der Waals surface area contributed by atoms with Crippen LogP contribution in [0.4, 0.5) is 6.01 Å². The summed E-state index contributed by atoms with van der Waals surface area (Å²) in [4.78, 5) is 19.2. The summed E-state index contributed by atoms with van der Waals surface area (Å²) in [5.41, 5.74) is 1.78. The molecule has 158 valence electrons. The number of carbonyl (C=O) groups excluding carboxylic acids is 1. The van der Waals surface area contributed by atoms with E-state index in [-0.39, 0.29) is 17.4 Å². The van der Waals surface area contributed by atoms with Crippen LogP contribution in [0.1, 0.15) is 37.2 Å². The van der Waals surface area contributed by atoms with Crippen LogP contribution in [0.3, 0.4) is 0 Å². The maximum atomic E-state index is 12.5. The lowest BCUT2D eigenvalue weighted by Gasteiger charge is -2.58. The van der Waals surface area contributed by atoms with E-state index in [9.17, 15) is 4.79 Å². The van der Waals surface area contributed by atoms with Crippen molar-refractivity contribution < 1.29 is 13.6 Å². The van der Waals surface area contributed by atoms with Crippen molar-refractivity contribution in [1.29, 1.82) is 0 Å². The molecule has 1 saturated heterocycles. The van der Waals surface area contributed by atoms with Crippen molar-refractivity contribution in [1.82, 2.24) is 10.3 Å². The number of halogens is 1. The fourth-order valence-electron chi connectivity index (χ4n) is 4.29. The van der Waals surface area contributed by atoms with E-state index in [1.54, 1.807) is 23.9 Å². The molecule has 8 heteroatoms. The first-order valence-corrected chi connectivity index (χ1v) is 11.6. The van der Waals surface area contributed by atoms with Gasteiger partial charge in [0, 0.05) is 35.3 Å². The summed E-state index contributed by atoms with van der Waals surface area (Å²) in [5, 5.41) is 4.56. The number of oxazole rings is 1. The Morgan fingerprint density at radius 2 is 2.10 bits per heavy atom. The van der Waals surface area contributed by atoms with Gasteiger partial charge in [0.1, 0.15) is 5.52 Å². The highest BCUT2D eigenvalue weighted by molar-refractivity contribution is 7.99. The zero-order valence-electron chi connectivity index (χ0n) is 17.0. The third kappa shape index (κ3) is 3.81. The van der Waals surface area contributed by atoms with Crippen LogP contribution < -0.4 is 10.2 Å². The van der Waals surface area contributed by atoms with Gasteiger partial charge < -0.3 is 19.1 Å². The van der Waals surface area contributed by atoms with Crippen LogP contribution >= 0.6 is 23.4 Å². The molecule has 3 aromatic rings. The molecular formula is C22H24ClN3O3S. The van der Waals surface area contributed by atoms with Gasteiger partial charge in [-0.2, -0.15) is 4.98 Å². The number of furan rings is 1. The molecule has 0 bridgehead atoms. The van der Waals surface area contributed by atoms with E-state index >= 15 is 0 Å². The highest BCUT2D eigenvalue weighted by atomic mass is 35.5. The van der Waals surface area contributed by atoms with Crippen LogP contribution in [0.2, 0.25) is 5.02 Å². The molecule has 5 rings (SSSR count). The minimum absolute atomic E-state index is 0.127. The summed E-state index contributed by atoms with van der Waals surface area (Å²) in [5.74, 6) is 1.82. The Morgan fingerprint density at radius 3 is 2.87 bits per heavy atom. The van der Waals surface area contributed by atoms with E-state index in [0.717, 1.165) is 47.9 Å². The Bertz CT molecular complexity index is 1080. The Kier molecular flexibility index (Phi) is 4.98. The summed E-state index contributed by atoms with van der Waals surface area (Å²) < 4.78 is 11.5. The number of thioether (sulfide) groups is 1. The number of anilines is 1. The van der Waals surface area contributed by atoms with Gasteiger partial charge >= 0.3 is 0 Å². The van der Waals surface area contributed by atoms with E-state index in [1.807, 2.05) is 18.2 Å². The zero-order chi connectivity index (χ0) is 20.9. The van der Waals surface area contributed by atoms with Gasteiger partial charge in [-0.1, -0.05) is 37.2 Å². The van der Waals surface area contributed by atoms with Crippen molar-refractivity contribution in [3.63, 3.8) is 0 Å². The van der Waals surface area contributed by atoms with Crippen molar-refractivity contribution in [3.8, 4) is 0 Å². The van der Waals surface area contributed by atoms with E-state index in [2.05, 4.69) is 29.0 Å². The highest BCUT2D eigenvalue weighted by Crippen LogP contribution is 2.49. The minimum atomic E-state index is -0.127. The van der Waals surface area contributed by atoms with Gasteiger partial charge in [-0.05, 0) is 49.1 Å².